The van der Waals surface area contributed by atoms with E-state index in [1.165, 1.54) is 0 Å². The summed E-state index contributed by atoms with van der Waals surface area (Å²) in [6.07, 6.45) is 7.00. The third-order valence-electron chi connectivity index (χ3n) is 3.18. The molecule has 19 heavy (non-hydrogen) atoms. The van der Waals surface area contributed by atoms with Crippen molar-refractivity contribution in [3.63, 3.8) is 0 Å². The van der Waals surface area contributed by atoms with Crippen LogP contribution in [0.5, 0.6) is 0 Å². The number of imidazole rings is 2. The summed E-state index contributed by atoms with van der Waals surface area (Å²) in [5.74, 6) is 1.53. The zero-order valence-corrected chi connectivity index (χ0v) is 10.2. The molecule has 0 unspecified atom stereocenters. The van der Waals surface area contributed by atoms with Crippen molar-refractivity contribution in [2.24, 2.45) is 7.05 Å². The molecule has 0 amide bonds. The standard InChI is InChI=1S/C13H10N6/c1-19-11-3-5-15-7-10(11)18-13(19)12-16-8-2-4-14-6-9(8)17-12/h2-7H,1H3,(H,16,17). The first-order valence-electron chi connectivity index (χ1n) is 5.89. The second kappa shape index (κ2) is 3.61. The van der Waals surface area contributed by atoms with Crippen LogP contribution in [0.3, 0.4) is 0 Å². The summed E-state index contributed by atoms with van der Waals surface area (Å²) in [5.41, 5.74) is 3.68. The topological polar surface area (TPSA) is 72.3 Å². The lowest BCUT2D eigenvalue weighted by atomic mass is 10.4. The molecule has 92 valence electrons. The number of pyridine rings is 2. The van der Waals surface area contributed by atoms with Gasteiger partial charge in [0.1, 0.15) is 5.52 Å². The third kappa shape index (κ3) is 1.43. The van der Waals surface area contributed by atoms with Crippen molar-refractivity contribution in [1.82, 2.24) is 29.5 Å². The Hall–Kier alpha value is -2.76. The summed E-state index contributed by atoms with van der Waals surface area (Å²) in [4.78, 5) is 20.5. The number of aromatic amines is 1. The second-order valence-corrected chi connectivity index (χ2v) is 4.34. The van der Waals surface area contributed by atoms with Crippen LogP contribution in [0.2, 0.25) is 0 Å². The van der Waals surface area contributed by atoms with Crippen LogP contribution < -0.4 is 0 Å². The Kier molecular flexibility index (Phi) is 1.94. The molecule has 0 saturated carbocycles. The van der Waals surface area contributed by atoms with Gasteiger partial charge in [-0.3, -0.25) is 9.97 Å². The average molecular weight is 250 g/mol. The van der Waals surface area contributed by atoms with Crippen LogP contribution in [-0.4, -0.2) is 29.5 Å². The van der Waals surface area contributed by atoms with Gasteiger partial charge in [0.25, 0.3) is 0 Å². The molecular weight excluding hydrogens is 240 g/mol. The number of H-pyrrole nitrogens is 1. The lowest BCUT2D eigenvalue weighted by molar-refractivity contribution is 0.945. The first-order chi connectivity index (χ1) is 9.33. The molecule has 6 nitrogen and oxygen atoms in total. The van der Waals surface area contributed by atoms with Gasteiger partial charge in [0.05, 0.1) is 28.9 Å². The predicted molar refractivity (Wildman–Crippen MR) is 71.4 cm³/mol. The Balaban J connectivity index is 2.01. The largest absolute Gasteiger partial charge is 0.334 e. The second-order valence-electron chi connectivity index (χ2n) is 4.34. The van der Waals surface area contributed by atoms with E-state index in [4.69, 9.17) is 0 Å². The lowest BCUT2D eigenvalue weighted by Gasteiger charge is -1.97. The van der Waals surface area contributed by atoms with E-state index in [-0.39, 0.29) is 0 Å². The summed E-state index contributed by atoms with van der Waals surface area (Å²) in [6, 6.07) is 3.82. The number of aryl methyl sites for hydroxylation is 1. The highest BCUT2D eigenvalue weighted by molar-refractivity contribution is 5.81. The quantitative estimate of drug-likeness (QED) is 0.560. The molecule has 4 rings (SSSR count). The average Bonchev–Trinajstić information content (AvgIpc) is 3.00. The number of nitrogens with zero attached hydrogens (tertiary/aromatic N) is 5. The molecule has 0 aromatic carbocycles. The number of fused-ring (bicyclic) bond motifs is 2. The van der Waals surface area contributed by atoms with Crippen LogP contribution in [0.4, 0.5) is 0 Å². The third-order valence-corrected chi connectivity index (χ3v) is 3.18. The fraction of sp³-hybridized carbons (Fsp3) is 0.0769. The number of rotatable bonds is 1. The van der Waals surface area contributed by atoms with Crippen molar-refractivity contribution >= 4 is 22.1 Å². The SMILES string of the molecule is Cn1c(-c2nc3ccncc3[nH]2)nc2cnccc21. The van der Waals surface area contributed by atoms with Crippen LogP contribution in [0.15, 0.2) is 36.9 Å². The summed E-state index contributed by atoms with van der Waals surface area (Å²) in [6.45, 7) is 0. The Morgan fingerprint density at radius 2 is 1.84 bits per heavy atom. The van der Waals surface area contributed by atoms with Crippen LogP contribution in [0.1, 0.15) is 0 Å². The van der Waals surface area contributed by atoms with Gasteiger partial charge in [0.2, 0.25) is 0 Å². The number of nitrogens with one attached hydrogen (secondary N) is 1. The Morgan fingerprint density at radius 3 is 2.68 bits per heavy atom. The van der Waals surface area contributed by atoms with Gasteiger partial charge in [-0.25, -0.2) is 9.97 Å². The van der Waals surface area contributed by atoms with Crippen molar-refractivity contribution in [3.8, 4) is 11.6 Å². The van der Waals surface area contributed by atoms with E-state index in [1.54, 1.807) is 24.8 Å². The van der Waals surface area contributed by atoms with E-state index in [9.17, 15) is 0 Å². The molecular formula is C13H10N6. The molecule has 0 spiro atoms. The van der Waals surface area contributed by atoms with Gasteiger partial charge < -0.3 is 9.55 Å². The molecule has 0 fully saturated rings. The maximum Gasteiger partial charge on any atom is 0.177 e. The first-order valence-corrected chi connectivity index (χ1v) is 5.89. The van der Waals surface area contributed by atoms with Crippen LogP contribution in [0.25, 0.3) is 33.7 Å². The summed E-state index contributed by atoms with van der Waals surface area (Å²) in [7, 11) is 1.97. The van der Waals surface area contributed by atoms with Crippen LogP contribution in [0, 0.1) is 0 Å². The molecule has 4 aromatic rings. The van der Waals surface area contributed by atoms with E-state index in [2.05, 4.69) is 24.9 Å². The van der Waals surface area contributed by atoms with Gasteiger partial charge in [-0.05, 0) is 12.1 Å². The van der Waals surface area contributed by atoms with Crippen molar-refractivity contribution in [2.45, 2.75) is 0 Å². The Morgan fingerprint density at radius 1 is 1.00 bits per heavy atom. The van der Waals surface area contributed by atoms with Gasteiger partial charge in [-0.15, -0.1) is 0 Å². The number of hydrogen-bond acceptors (Lipinski definition) is 4. The molecule has 6 heteroatoms. The smallest absolute Gasteiger partial charge is 0.177 e. The van der Waals surface area contributed by atoms with Crippen molar-refractivity contribution in [1.29, 1.82) is 0 Å². The minimum atomic E-state index is 0.738. The van der Waals surface area contributed by atoms with Gasteiger partial charge >= 0.3 is 0 Å². The van der Waals surface area contributed by atoms with Gasteiger partial charge in [-0.2, -0.15) is 0 Å². The minimum Gasteiger partial charge on any atom is -0.334 e. The Bertz CT molecular complexity index is 855. The van der Waals surface area contributed by atoms with Crippen LogP contribution in [-0.2, 0) is 7.05 Å². The first kappa shape index (κ1) is 10.2. The number of hydrogen-bond donors (Lipinski definition) is 1. The van der Waals surface area contributed by atoms with Gasteiger partial charge in [-0.1, -0.05) is 0 Å². The molecule has 4 heterocycles. The fourth-order valence-corrected chi connectivity index (χ4v) is 2.23. The summed E-state index contributed by atoms with van der Waals surface area (Å²) < 4.78 is 2.00. The lowest BCUT2D eigenvalue weighted by Crippen LogP contribution is -1.93. The summed E-state index contributed by atoms with van der Waals surface area (Å²) >= 11 is 0. The fourth-order valence-electron chi connectivity index (χ4n) is 2.23. The van der Waals surface area contributed by atoms with Crippen LogP contribution >= 0.6 is 0 Å². The molecule has 0 aliphatic rings. The minimum absolute atomic E-state index is 0.738. The maximum absolute atomic E-state index is 4.56. The highest BCUT2D eigenvalue weighted by Gasteiger charge is 2.13. The van der Waals surface area contributed by atoms with E-state index >= 15 is 0 Å². The number of aromatic nitrogens is 6. The highest BCUT2D eigenvalue weighted by Crippen LogP contribution is 2.22. The normalized spacial score (nSPS) is 11.4. The van der Waals surface area contributed by atoms with E-state index < -0.39 is 0 Å². The van der Waals surface area contributed by atoms with E-state index in [0.29, 0.717) is 0 Å². The molecule has 0 aliphatic heterocycles. The Labute approximate surface area is 108 Å². The zero-order chi connectivity index (χ0) is 12.8. The molecule has 0 bridgehead atoms. The van der Waals surface area contributed by atoms with Crippen molar-refractivity contribution in [2.75, 3.05) is 0 Å². The van der Waals surface area contributed by atoms with E-state index in [0.717, 1.165) is 33.7 Å². The molecule has 0 saturated heterocycles. The van der Waals surface area contributed by atoms with Crippen molar-refractivity contribution in [3.05, 3.63) is 36.9 Å². The molecule has 0 aliphatic carbocycles. The maximum atomic E-state index is 4.56. The molecule has 0 atom stereocenters. The predicted octanol–water partition coefficient (Wildman–Crippen LogP) is 1.91. The highest BCUT2D eigenvalue weighted by atomic mass is 15.1. The monoisotopic (exact) mass is 250 g/mol. The molecule has 4 aromatic heterocycles. The molecule has 0 radical (unpaired) electrons. The molecule has 1 N–H and O–H groups in total. The van der Waals surface area contributed by atoms with Gasteiger partial charge in [0.15, 0.2) is 11.6 Å². The zero-order valence-electron chi connectivity index (χ0n) is 10.2. The van der Waals surface area contributed by atoms with Gasteiger partial charge in [0, 0.05) is 19.4 Å². The van der Waals surface area contributed by atoms with E-state index in [1.807, 2.05) is 23.7 Å². The summed E-state index contributed by atoms with van der Waals surface area (Å²) in [5, 5.41) is 0. The van der Waals surface area contributed by atoms with Crippen molar-refractivity contribution < 1.29 is 0 Å².